The highest BCUT2D eigenvalue weighted by Gasteiger charge is 2.34. The molecule has 3 rings (SSSR count). The molecule has 98 valence electrons. The molecule has 18 heavy (non-hydrogen) atoms. The molecule has 4 nitrogen and oxygen atoms in total. The highest BCUT2D eigenvalue weighted by Crippen LogP contribution is 2.26. The number of rotatable bonds is 2. The fourth-order valence-electron chi connectivity index (χ4n) is 3.13. The standard InChI is InChI=1S/C13H19N3OS/c17-13(12-8-14-9-18-12)16-7-2-1-5-11(16)10-4-3-6-15-10/h8-11,15H,1-7H2. The molecular weight excluding hydrogens is 246 g/mol. The Labute approximate surface area is 111 Å². The Hall–Kier alpha value is -0.940. The van der Waals surface area contributed by atoms with E-state index in [0.717, 1.165) is 30.8 Å². The number of amides is 1. The van der Waals surface area contributed by atoms with Crippen molar-refractivity contribution in [2.24, 2.45) is 0 Å². The molecule has 2 unspecified atom stereocenters. The molecule has 5 heteroatoms. The van der Waals surface area contributed by atoms with Gasteiger partial charge in [-0.1, -0.05) is 0 Å². The Morgan fingerprint density at radius 2 is 2.33 bits per heavy atom. The zero-order valence-electron chi connectivity index (χ0n) is 10.5. The fraction of sp³-hybridized carbons (Fsp3) is 0.692. The van der Waals surface area contributed by atoms with Gasteiger partial charge in [-0.15, -0.1) is 11.3 Å². The number of aromatic nitrogens is 1. The van der Waals surface area contributed by atoms with E-state index in [1.807, 2.05) is 0 Å². The zero-order valence-corrected chi connectivity index (χ0v) is 11.3. The molecule has 2 saturated heterocycles. The van der Waals surface area contributed by atoms with E-state index in [4.69, 9.17) is 0 Å². The van der Waals surface area contributed by atoms with Crippen LogP contribution in [0.2, 0.25) is 0 Å². The van der Waals surface area contributed by atoms with Crippen molar-refractivity contribution in [1.82, 2.24) is 15.2 Å². The molecule has 0 radical (unpaired) electrons. The van der Waals surface area contributed by atoms with Crippen molar-refractivity contribution in [1.29, 1.82) is 0 Å². The summed E-state index contributed by atoms with van der Waals surface area (Å²) in [5, 5.41) is 3.55. The van der Waals surface area contributed by atoms with Crippen LogP contribution >= 0.6 is 11.3 Å². The van der Waals surface area contributed by atoms with Gasteiger partial charge in [-0.25, -0.2) is 0 Å². The van der Waals surface area contributed by atoms with Crippen molar-refractivity contribution in [2.75, 3.05) is 13.1 Å². The first kappa shape index (κ1) is 12.1. The fourth-order valence-corrected chi connectivity index (χ4v) is 3.71. The number of nitrogens with one attached hydrogen (secondary N) is 1. The summed E-state index contributed by atoms with van der Waals surface area (Å²) < 4.78 is 0. The Bertz CT molecular complexity index is 400. The number of carbonyl (C=O) groups is 1. The first-order valence-electron chi connectivity index (χ1n) is 6.79. The van der Waals surface area contributed by atoms with Crippen molar-refractivity contribution >= 4 is 17.2 Å². The van der Waals surface area contributed by atoms with Crippen LogP contribution in [0.3, 0.4) is 0 Å². The van der Waals surface area contributed by atoms with Gasteiger partial charge in [0.25, 0.3) is 5.91 Å². The minimum absolute atomic E-state index is 0.177. The van der Waals surface area contributed by atoms with Crippen LogP contribution < -0.4 is 5.32 Å². The average molecular weight is 265 g/mol. The third kappa shape index (κ3) is 2.29. The summed E-state index contributed by atoms with van der Waals surface area (Å²) in [5.41, 5.74) is 1.74. The number of likely N-dealkylation sites (tertiary alicyclic amines) is 1. The van der Waals surface area contributed by atoms with Crippen LogP contribution in [-0.2, 0) is 0 Å². The van der Waals surface area contributed by atoms with E-state index < -0.39 is 0 Å². The second kappa shape index (κ2) is 5.36. The van der Waals surface area contributed by atoms with Gasteiger partial charge in [0, 0.05) is 18.6 Å². The van der Waals surface area contributed by atoms with Crippen LogP contribution in [0.25, 0.3) is 0 Å². The third-order valence-corrected chi connectivity index (χ3v) is 4.78. The normalized spacial score (nSPS) is 28.6. The summed E-state index contributed by atoms with van der Waals surface area (Å²) in [5.74, 6) is 0.177. The Balaban J connectivity index is 1.76. The Kier molecular flexibility index (Phi) is 3.61. The van der Waals surface area contributed by atoms with Crippen LogP contribution in [-0.4, -0.2) is 41.0 Å². The molecule has 0 bridgehead atoms. The van der Waals surface area contributed by atoms with Crippen molar-refractivity contribution in [2.45, 2.75) is 44.2 Å². The smallest absolute Gasteiger partial charge is 0.265 e. The van der Waals surface area contributed by atoms with E-state index in [0.29, 0.717) is 12.1 Å². The first-order valence-corrected chi connectivity index (χ1v) is 7.67. The van der Waals surface area contributed by atoms with Crippen LogP contribution in [0.4, 0.5) is 0 Å². The summed E-state index contributed by atoms with van der Waals surface area (Å²) in [6.07, 6.45) is 7.66. The lowest BCUT2D eigenvalue weighted by molar-refractivity contribution is 0.0568. The predicted octanol–water partition coefficient (Wildman–Crippen LogP) is 1.89. The van der Waals surface area contributed by atoms with Crippen LogP contribution in [0.5, 0.6) is 0 Å². The van der Waals surface area contributed by atoms with E-state index in [1.165, 1.54) is 30.6 Å². The van der Waals surface area contributed by atoms with Gasteiger partial charge in [0.15, 0.2) is 0 Å². The van der Waals surface area contributed by atoms with Crippen LogP contribution in [0, 0.1) is 0 Å². The largest absolute Gasteiger partial charge is 0.333 e. The average Bonchev–Trinajstić information content (AvgIpc) is 3.11. The summed E-state index contributed by atoms with van der Waals surface area (Å²) in [7, 11) is 0. The molecular formula is C13H19N3OS. The molecule has 2 aliphatic heterocycles. The van der Waals surface area contributed by atoms with Gasteiger partial charge >= 0.3 is 0 Å². The summed E-state index contributed by atoms with van der Waals surface area (Å²) in [6.45, 7) is 2.00. The minimum Gasteiger partial charge on any atom is -0.333 e. The highest BCUT2D eigenvalue weighted by molar-refractivity contribution is 7.11. The van der Waals surface area contributed by atoms with E-state index >= 15 is 0 Å². The number of hydrogen-bond donors (Lipinski definition) is 1. The monoisotopic (exact) mass is 265 g/mol. The van der Waals surface area contributed by atoms with Crippen molar-refractivity contribution < 1.29 is 4.79 Å². The SMILES string of the molecule is O=C(c1cncs1)N1CCCCC1C1CCCN1. The number of carbonyl (C=O) groups excluding carboxylic acids is 1. The minimum atomic E-state index is 0.177. The van der Waals surface area contributed by atoms with E-state index in [2.05, 4.69) is 15.2 Å². The van der Waals surface area contributed by atoms with Gasteiger partial charge in [-0.2, -0.15) is 0 Å². The summed E-state index contributed by atoms with van der Waals surface area (Å²) in [6, 6.07) is 0.887. The number of thiazole rings is 1. The summed E-state index contributed by atoms with van der Waals surface area (Å²) >= 11 is 1.45. The maximum absolute atomic E-state index is 12.5. The highest BCUT2D eigenvalue weighted by atomic mass is 32.1. The second-order valence-corrected chi connectivity index (χ2v) is 6.02. The van der Waals surface area contributed by atoms with E-state index in [9.17, 15) is 4.79 Å². The lowest BCUT2D eigenvalue weighted by atomic mass is 9.94. The van der Waals surface area contributed by atoms with E-state index in [1.54, 1.807) is 11.7 Å². The van der Waals surface area contributed by atoms with Crippen molar-refractivity contribution in [3.8, 4) is 0 Å². The molecule has 1 aromatic heterocycles. The van der Waals surface area contributed by atoms with Gasteiger partial charge in [0.05, 0.1) is 11.7 Å². The Morgan fingerprint density at radius 3 is 3.06 bits per heavy atom. The number of nitrogens with zero attached hydrogens (tertiary/aromatic N) is 2. The van der Waals surface area contributed by atoms with Crippen molar-refractivity contribution in [3.63, 3.8) is 0 Å². The molecule has 3 heterocycles. The molecule has 0 aliphatic carbocycles. The molecule has 2 atom stereocenters. The molecule has 0 saturated carbocycles. The molecule has 1 N–H and O–H groups in total. The number of hydrogen-bond acceptors (Lipinski definition) is 4. The van der Waals surface area contributed by atoms with E-state index in [-0.39, 0.29) is 5.91 Å². The predicted molar refractivity (Wildman–Crippen MR) is 71.8 cm³/mol. The lowest BCUT2D eigenvalue weighted by Gasteiger charge is -2.39. The number of piperidine rings is 1. The molecule has 2 fully saturated rings. The first-order chi connectivity index (χ1) is 8.86. The van der Waals surface area contributed by atoms with Gasteiger partial charge in [-0.05, 0) is 38.6 Å². The lowest BCUT2D eigenvalue weighted by Crippen LogP contribution is -2.52. The van der Waals surface area contributed by atoms with Gasteiger partial charge < -0.3 is 10.2 Å². The maximum atomic E-state index is 12.5. The Morgan fingerprint density at radius 1 is 1.39 bits per heavy atom. The van der Waals surface area contributed by atoms with Crippen LogP contribution in [0.15, 0.2) is 11.7 Å². The molecule has 2 aliphatic rings. The molecule has 1 aromatic rings. The van der Waals surface area contributed by atoms with Crippen LogP contribution in [0.1, 0.15) is 41.8 Å². The third-order valence-electron chi connectivity index (χ3n) is 4.02. The molecule has 0 aromatic carbocycles. The van der Waals surface area contributed by atoms with Gasteiger partial charge in [0.2, 0.25) is 0 Å². The topological polar surface area (TPSA) is 45.2 Å². The second-order valence-electron chi connectivity index (χ2n) is 5.13. The van der Waals surface area contributed by atoms with Gasteiger partial charge in [-0.3, -0.25) is 9.78 Å². The molecule has 0 spiro atoms. The zero-order chi connectivity index (χ0) is 12.4. The van der Waals surface area contributed by atoms with Gasteiger partial charge in [0.1, 0.15) is 4.88 Å². The molecule has 1 amide bonds. The van der Waals surface area contributed by atoms with Crippen molar-refractivity contribution in [3.05, 3.63) is 16.6 Å². The summed E-state index contributed by atoms with van der Waals surface area (Å²) in [4.78, 5) is 19.4. The quantitative estimate of drug-likeness (QED) is 0.888. The maximum Gasteiger partial charge on any atom is 0.265 e.